The zero-order valence-electron chi connectivity index (χ0n) is 18.3. The number of carbonyl (C=O) groups excluding carboxylic acids is 1. The molecule has 0 fully saturated rings. The van der Waals surface area contributed by atoms with E-state index in [9.17, 15) is 4.79 Å². The monoisotopic (exact) mass is 499 g/mol. The van der Waals surface area contributed by atoms with E-state index >= 15 is 0 Å². The Labute approximate surface area is 205 Å². The Morgan fingerprint density at radius 1 is 1.21 bits per heavy atom. The van der Waals surface area contributed by atoms with Crippen LogP contribution in [0.25, 0.3) is 11.3 Å². The fourth-order valence-corrected chi connectivity index (χ4v) is 4.69. The van der Waals surface area contributed by atoms with E-state index in [-0.39, 0.29) is 17.8 Å². The van der Waals surface area contributed by atoms with Crippen LogP contribution in [0.3, 0.4) is 0 Å². The number of halogens is 1. The Bertz CT molecular complexity index is 1260. The molecule has 0 saturated heterocycles. The van der Waals surface area contributed by atoms with Gasteiger partial charge < -0.3 is 14.6 Å². The number of nitrogens with zero attached hydrogens (tertiary/aromatic N) is 4. The van der Waals surface area contributed by atoms with Crippen molar-refractivity contribution in [3.05, 3.63) is 70.3 Å². The van der Waals surface area contributed by atoms with Gasteiger partial charge in [0.2, 0.25) is 5.91 Å². The molecule has 0 radical (unpaired) electrons. The second-order valence-electron chi connectivity index (χ2n) is 7.31. The summed E-state index contributed by atoms with van der Waals surface area (Å²) >= 11 is 8.62. The predicted molar refractivity (Wildman–Crippen MR) is 133 cm³/mol. The molecular weight excluding hydrogens is 478 g/mol. The summed E-state index contributed by atoms with van der Waals surface area (Å²) in [5, 5.41) is 15.1. The van der Waals surface area contributed by atoms with E-state index in [1.165, 1.54) is 23.1 Å². The second-order valence-corrected chi connectivity index (χ2v) is 9.54. The topological polar surface area (TPSA) is 81.9 Å². The van der Waals surface area contributed by atoms with E-state index in [4.69, 9.17) is 16.3 Å². The fraction of sp³-hybridized carbons (Fsp3) is 0.217. The Kier molecular flexibility index (Phi) is 7.32. The summed E-state index contributed by atoms with van der Waals surface area (Å²) < 4.78 is 7.90. The largest absolute Gasteiger partial charge is 0.482 e. The Morgan fingerprint density at radius 3 is 2.73 bits per heavy atom. The number of anilines is 1. The van der Waals surface area contributed by atoms with Crippen molar-refractivity contribution in [2.45, 2.75) is 25.1 Å². The lowest BCUT2D eigenvalue weighted by Gasteiger charge is -2.15. The molecule has 10 heteroatoms. The van der Waals surface area contributed by atoms with E-state index in [0.29, 0.717) is 21.1 Å². The van der Waals surface area contributed by atoms with Gasteiger partial charge in [0.25, 0.3) is 0 Å². The molecule has 1 atom stereocenters. The highest BCUT2D eigenvalue weighted by molar-refractivity contribution is 7.99. The van der Waals surface area contributed by atoms with Gasteiger partial charge in [0, 0.05) is 23.0 Å². The van der Waals surface area contributed by atoms with Crippen LogP contribution in [0.5, 0.6) is 5.75 Å². The number of benzene rings is 2. The van der Waals surface area contributed by atoms with Gasteiger partial charge in [-0.3, -0.25) is 4.79 Å². The molecule has 1 amide bonds. The standard InChI is InChI=1S/C23H22ClN5O2S2/c1-14-6-4-5-7-19(14)31-15(2)21-27-28-23(29(21)3)33-13-20(30)26-22-25-18(12-32-22)16-8-10-17(24)11-9-16/h4-12,15H,13H2,1-3H3,(H,25,26,30). The maximum absolute atomic E-state index is 12.4. The molecular formula is C23H22ClN5O2S2. The van der Waals surface area contributed by atoms with Gasteiger partial charge in [0.05, 0.1) is 11.4 Å². The average molecular weight is 500 g/mol. The third-order valence-electron chi connectivity index (χ3n) is 4.85. The molecule has 2 aromatic carbocycles. The third-order valence-corrected chi connectivity index (χ3v) is 6.88. The number of aromatic nitrogens is 4. The summed E-state index contributed by atoms with van der Waals surface area (Å²) in [6, 6.07) is 15.3. The smallest absolute Gasteiger partial charge is 0.236 e. The molecule has 4 rings (SSSR count). The van der Waals surface area contributed by atoms with Crippen LogP contribution in [0, 0.1) is 6.92 Å². The van der Waals surface area contributed by atoms with Crippen LogP contribution < -0.4 is 10.1 Å². The minimum atomic E-state index is -0.284. The highest BCUT2D eigenvalue weighted by Gasteiger charge is 2.19. The fourth-order valence-electron chi connectivity index (χ4n) is 3.11. The van der Waals surface area contributed by atoms with E-state index in [1.807, 2.05) is 79.4 Å². The number of thioether (sulfide) groups is 1. The average Bonchev–Trinajstić information content (AvgIpc) is 3.41. The van der Waals surface area contributed by atoms with Crippen LogP contribution in [0.15, 0.2) is 59.1 Å². The Hall–Kier alpha value is -2.88. The number of aryl methyl sites for hydroxylation is 1. The molecule has 2 aromatic heterocycles. The van der Waals surface area contributed by atoms with Crippen LogP contribution in [0.4, 0.5) is 5.13 Å². The normalized spacial score (nSPS) is 11.9. The number of thiazole rings is 1. The predicted octanol–water partition coefficient (Wildman–Crippen LogP) is 5.77. The third kappa shape index (κ3) is 5.73. The number of rotatable bonds is 8. The number of nitrogens with one attached hydrogen (secondary N) is 1. The van der Waals surface area contributed by atoms with Gasteiger partial charge in [0.15, 0.2) is 22.2 Å². The molecule has 0 aliphatic rings. The van der Waals surface area contributed by atoms with Crippen molar-refractivity contribution in [3.8, 4) is 17.0 Å². The van der Waals surface area contributed by atoms with Crippen LogP contribution in [-0.4, -0.2) is 31.4 Å². The first-order valence-corrected chi connectivity index (χ1v) is 12.4. The van der Waals surface area contributed by atoms with Gasteiger partial charge in [-0.05, 0) is 37.6 Å². The zero-order chi connectivity index (χ0) is 23.4. The molecule has 7 nitrogen and oxygen atoms in total. The van der Waals surface area contributed by atoms with E-state index in [2.05, 4.69) is 20.5 Å². The summed E-state index contributed by atoms with van der Waals surface area (Å²) in [4.78, 5) is 16.9. The first-order valence-electron chi connectivity index (χ1n) is 10.2. The molecule has 0 bridgehead atoms. The minimum absolute atomic E-state index is 0.161. The van der Waals surface area contributed by atoms with Gasteiger partial charge >= 0.3 is 0 Å². The highest BCUT2D eigenvalue weighted by atomic mass is 35.5. The van der Waals surface area contributed by atoms with Crippen molar-refractivity contribution < 1.29 is 9.53 Å². The molecule has 0 aliphatic heterocycles. The maximum Gasteiger partial charge on any atom is 0.236 e. The van der Waals surface area contributed by atoms with Gasteiger partial charge in [-0.1, -0.05) is 53.7 Å². The Balaban J connectivity index is 1.33. The lowest BCUT2D eigenvalue weighted by Crippen LogP contribution is -2.14. The zero-order valence-corrected chi connectivity index (χ0v) is 20.7. The lowest BCUT2D eigenvalue weighted by atomic mass is 10.2. The number of ether oxygens (including phenoxy) is 1. The summed E-state index contributed by atoms with van der Waals surface area (Å²) in [7, 11) is 1.87. The van der Waals surface area contributed by atoms with Crippen LogP contribution in [0.1, 0.15) is 24.4 Å². The Morgan fingerprint density at radius 2 is 1.97 bits per heavy atom. The summed E-state index contributed by atoms with van der Waals surface area (Å²) in [5.74, 6) is 1.52. The van der Waals surface area contributed by atoms with Crippen molar-refractivity contribution in [3.63, 3.8) is 0 Å². The quantitative estimate of drug-likeness (QED) is 0.310. The number of hydrogen-bond donors (Lipinski definition) is 1. The number of para-hydroxylation sites is 1. The molecule has 1 unspecified atom stereocenters. The molecule has 0 spiro atoms. The molecule has 170 valence electrons. The first-order chi connectivity index (χ1) is 15.9. The van der Waals surface area contributed by atoms with E-state index in [0.717, 1.165) is 22.6 Å². The maximum atomic E-state index is 12.4. The second kappa shape index (κ2) is 10.4. The lowest BCUT2D eigenvalue weighted by molar-refractivity contribution is -0.113. The van der Waals surface area contributed by atoms with Crippen LogP contribution in [0.2, 0.25) is 5.02 Å². The highest BCUT2D eigenvalue weighted by Crippen LogP contribution is 2.27. The first kappa shape index (κ1) is 23.3. The SMILES string of the molecule is Cc1ccccc1OC(C)c1nnc(SCC(=O)Nc2nc(-c3ccc(Cl)cc3)cs2)n1C. The number of hydrogen-bond acceptors (Lipinski definition) is 7. The summed E-state index contributed by atoms with van der Waals surface area (Å²) in [6.07, 6.45) is -0.284. The number of carbonyl (C=O) groups is 1. The number of amides is 1. The molecule has 4 aromatic rings. The van der Waals surface area contributed by atoms with Crippen molar-refractivity contribution in [1.29, 1.82) is 0 Å². The van der Waals surface area contributed by atoms with Gasteiger partial charge in [0.1, 0.15) is 5.75 Å². The minimum Gasteiger partial charge on any atom is -0.482 e. The van der Waals surface area contributed by atoms with Crippen molar-refractivity contribution >= 4 is 45.7 Å². The van der Waals surface area contributed by atoms with Crippen molar-refractivity contribution in [2.75, 3.05) is 11.1 Å². The van der Waals surface area contributed by atoms with E-state index in [1.54, 1.807) is 0 Å². The van der Waals surface area contributed by atoms with Crippen LogP contribution >= 0.6 is 34.7 Å². The molecule has 0 aliphatic carbocycles. The molecule has 1 N–H and O–H groups in total. The van der Waals surface area contributed by atoms with Crippen LogP contribution in [-0.2, 0) is 11.8 Å². The van der Waals surface area contributed by atoms with Gasteiger partial charge in [-0.15, -0.1) is 21.5 Å². The van der Waals surface area contributed by atoms with Crippen molar-refractivity contribution in [1.82, 2.24) is 19.7 Å². The van der Waals surface area contributed by atoms with Gasteiger partial charge in [-0.2, -0.15) is 0 Å². The van der Waals surface area contributed by atoms with Crippen molar-refractivity contribution in [2.24, 2.45) is 7.05 Å². The molecule has 2 heterocycles. The molecule has 0 saturated carbocycles. The van der Waals surface area contributed by atoms with Gasteiger partial charge in [-0.25, -0.2) is 4.98 Å². The summed E-state index contributed by atoms with van der Waals surface area (Å²) in [5.41, 5.74) is 2.79. The van der Waals surface area contributed by atoms with E-state index < -0.39 is 0 Å². The summed E-state index contributed by atoms with van der Waals surface area (Å²) in [6.45, 7) is 3.93. The molecule has 33 heavy (non-hydrogen) atoms.